The van der Waals surface area contributed by atoms with Crippen molar-refractivity contribution in [3.63, 3.8) is 0 Å². The number of Topliss-reactive ketones (excluding diaryl/α,β-unsaturated/α-hetero) is 2. The van der Waals surface area contributed by atoms with Crippen molar-refractivity contribution in [1.29, 1.82) is 0 Å². The summed E-state index contributed by atoms with van der Waals surface area (Å²) >= 11 is 0. The SMILES string of the molecule is CC(=O)Oc1cc(CC(=O)Oc2ccc3c4c2C[C@H]2C(=O)CC[C@@]5(O)[C@@H](C3)N(CC3CC3)CC[C@]425)c2c(CC(=O)Oc3ccc4c5c3O[C@H]3C(=O)CC[C@@]6(O)[C@@H](C4)N(CC4CC4)CC[C@]536)cc(OC(C)=O)cc2c1. The van der Waals surface area contributed by atoms with Crippen LogP contribution in [0.1, 0.15) is 117 Å². The molecule has 0 amide bonds. The number of ketones is 2. The molecule has 2 N–H and O–H groups in total. The zero-order chi connectivity index (χ0) is 50.8. The Labute approximate surface area is 427 Å². The molecule has 15 heteroatoms. The average molecular weight is 1010 g/mol. The second-order valence-corrected chi connectivity index (χ2v) is 23.6. The lowest BCUT2D eigenvalue weighted by Crippen LogP contribution is -2.76. The van der Waals surface area contributed by atoms with Crippen LogP contribution in [0.4, 0.5) is 0 Å². The molecular formula is C59H60N2O13. The largest absolute Gasteiger partial charge is 0.477 e. The first-order valence-electron chi connectivity index (χ1n) is 26.9. The van der Waals surface area contributed by atoms with E-state index in [0.717, 1.165) is 54.0 Å². The van der Waals surface area contributed by atoms with Gasteiger partial charge in [-0.25, -0.2) is 0 Å². The van der Waals surface area contributed by atoms with Crippen LogP contribution < -0.4 is 23.7 Å². The van der Waals surface area contributed by atoms with Gasteiger partial charge >= 0.3 is 23.9 Å². The Morgan fingerprint density at radius 2 is 1.16 bits per heavy atom. The van der Waals surface area contributed by atoms with Crippen LogP contribution in [0, 0.1) is 17.8 Å². The van der Waals surface area contributed by atoms with Crippen LogP contribution in [-0.2, 0) is 71.7 Å². The molecular weight excluding hydrogens is 945 g/mol. The van der Waals surface area contributed by atoms with E-state index in [2.05, 4.69) is 9.80 Å². The molecule has 15 nitrogen and oxygen atoms in total. The lowest BCUT2D eigenvalue weighted by molar-refractivity contribution is -0.188. The number of ether oxygens (including phenoxy) is 5. The fourth-order valence-corrected chi connectivity index (χ4v) is 16.3. The van der Waals surface area contributed by atoms with E-state index < -0.39 is 57.9 Å². The number of piperidine rings is 2. The quantitative estimate of drug-likeness (QED) is 0.130. The van der Waals surface area contributed by atoms with Gasteiger partial charge in [-0.15, -0.1) is 0 Å². The molecule has 0 aromatic heterocycles. The number of hydrogen-bond acceptors (Lipinski definition) is 15. The molecule has 384 valence electrons. The second-order valence-electron chi connectivity index (χ2n) is 23.6. The second kappa shape index (κ2) is 16.3. The third kappa shape index (κ3) is 6.70. The Bertz CT molecular complexity index is 3010. The number of carbonyl (C=O) groups excluding carboxylic acids is 6. The van der Waals surface area contributed by atoms with Crippen LogP contribution in [0.15, 0.2) is 48.5 Å². The summed E-state index contributed by atoms with van der Waals surface area (Å²) in [4.78, 5) is 86.4. The fraction of sp³-hybridized carbons (Fsp3) is 0.525. The van der Waals surface area contributed by atoms with Gasteiger partial charge in [-0.1, -0.05) is 12.1 Å². The number of fused-ring (bicyclic) bond motifs is 1. The molecule has 4 aromatic rings. The monoisotopic (exact) mass is 1000 g/mol. The maximum atomic E-state index is 14.5. The van der Waals surface area contributed by atoms with Crippen LogP contribution in [0.5, 0.6) is 28.7 Å². The highest BCUT2D eigenvalue weighted by molar-refractivity contribution is 5.97. The van der Waals surface area contributed by atoms with E-state index in [9.17, 15) is 39.0 Å². The average Bonchev–Trinajstić information content (AvgIpc) is 4.33. The van der Waals surface area contributed by atoms with E-state index in [1.807, 2.05) is 18.2 Å². The summed E-state index contributed by atoms with van der Waals surface area (Å²) < 4.78 is 30.3. The van der Waals surface area contributed by atoms with Crippen LogP contribution in [0.2, 0.25) is 0 Å². The van der Waals surface area contributed by atoms with Crippen molar-refractivity contribution in [3.05, 3.63) is 87.5 Å². The fourth-order valence-electron chi connectivity index (χ4n) is 16.3. The summed E-state index contributed by atoms with van der Waals surface area (Å²) in [6.45, 7) is 5.91. The van der Waals surface area contributed by atoms with Gasteiger partial charge in [0.25, 0.3) is 0 Å². The first kappa shape index (κ1) is 46.5. The summed E-state index contributed by atoms with van der Waals surface area (Å²) in [7, 11) is 0. The Kier molecular flexibility index (Phi) is 10.2. The molecule has 7 aliphatic carbocycles. The number of likely N-dealkylation sites (tertiary alicyclic amines) is 2. The maximum Gasteiger partial charge on any atom is 0.315 e. The third-order valence-corrected chi connectivity index (χ3v) is 19.5. The van der Waals surface area contributed by atoms with Crippen molar-refractivity contribution >= 4 is 46.2 Å². The minimum Gasteiger partial charge on any atom is -0.477 e. The first-order valence-corrected chi connectivity index (χ1v) is 26.9. The summed E-state index contributed by atoms with van der Waals surface area (Å²) in [5.74, 6) is -0.660. The Balaban J connectivity index is 0.792. The van der Waals surface area contributed by atoms with Crippen LogP contribution in [0.3, 0.4) is 0 Å². The molecule has 4 bridgehead atoms. The van der Waals surface area contributed by atoms with Crippen molar-refractivity contribution in [2.75, 3.05) is 26.2 Å². The van der Waals surface area contributed by atoms with Gasteiger partial charge in [0.2, 0.25) is 0 Å². The van der Waals surface area contributed by atoms with Crippen LogP contribution >= 0.6 is 0 Å². The molecule has 0 radical (unpaired) electrons. The van der Waals surface area contributed by atoms with Crippen molar-refractivity contribution in [2.24, 2.45) is 17.8 Å². The van der Waals surface area contributed by atoms with Crippen molar-refractivity contribution in [2.45, 2.75) is 150 Å². The normalized spacial score (nSPS) is 31.8. The van der Waals surface area contributed by atoms with Gasteiger partial charge in [0, 0.05) is 68.8 Å². The predicted octanol–water partition coefficient (Wildman–Crippen LogP) is 5.66. The first-order chi connectivity index (χ1) is 35.6. The lowest BCUT2D eigenvalue weighted by Gasteiger charge is -2.64. The number of aliphatic hydroxyl groups is 2. The van der Waals surface area contributed by atoms with Crippen LogP contribution in [-0.4, -0.2) is 111 Å². The van der Waals surface area contributed by atoms with E-state index >= 15 is 0 Å². The molecule has 3 heterocycles. The zero-order valence-electron chi connectivity index (χ0n) is 41.8. The van der Waals surface area contributed by atoms with Gasteiger partial charge < -0.3 is 33.9 Å². The van der Waals surface area contributed by atoms with E-state index in [0.29, 0.717) is 96.6 Å². The van der Waals surface area contributed by atoms with Gasteiger partial charge in [0.05, 0.1) is 29.5 Å². The van der Waals surface area contributed by atoms with Crippen molar-refractivity contribution in [3.8, 4) is 28.7 Å². The number of nitrogens with zero attached hydrogens (tertiary/aromatic N) is 2. The Morgan fingerprint density at radius 1 is 0.635 bits per heavy atom. The van der Waals surface area contributed by atoms with Gasteiger partial charge in [0.1, 0.15) is 23.0 Å². The molecule has 6 fully saturated rings. The van der Waals surface area contributed by atoms with E-state index in [-0.39, 0.29) is 60.2 Å². The smallest absolute Gasteiger partial charge is 0.315 e. The molecule has 4 aromatic carbocycles. The summed E-state index contributed by atoms with van der Waals surface area (Å²) in [5.41, 5.74) is 1.27. The summed E-state index contributed by atoms with van der Waals surface area (Å²) in [5, 5.41) is 26.6. The Morgan fingerprint density at radius 3 is 1.74 bits per heavy atom. The molecule has 0 unspecified atom stereocenters. The van der Waals surface area contributed by atoms with Gasteiger partial charge in [-0.05, 0) is 176 Å². The number of benzene rings is 4. The maximum absolute atomic E-state index is 14.5. The molecule has 2 spiro atoms. The highest BCUT2D eigenvalue weighted by Gasteiger charge is 2.74. The summed E-state index contributed by atoms with van der Waals surface area (Å²) in [6.07, 6.45) is 7.21. The number of hydrogen-bond donors (Lipinski definition) is 2. The molecule has 2 saturated heterocycles. The molecule has 14 rings (SSSR count). The molecule has 10 aliphatic rings. The number of rotatable bonds is 12. The summed E-state index contributed by atoms with van der Waals surface area (Å²) in [6, 6.07) is 13.4. The van der Waals surface area contributed by atoms with E-state index in [1.54, 1.807) is 30.3 Å². The van der Waals surface area contributed by atoms with Crippen molar-refractivity contribution in [1.82, 2.24) is 9.80 Å². The minimum absolute atomic E-state index is 0.0771. The molecule has 8 atom stereocenters. The zero-order valence-corrected chi connectivity index (χ0v) is 41.8. The standard InChI is InChI=1S/C59H60N2O13/c1-30(62)70-39-19-36-20-40(71-31(2)63)22-38(26-50(67)73-46-10-8-35-24-48-59(69)14-12-44(65)55-57(59,53(35)54(46)74-55)16-18-61(48)29-33-5-6-33)51(36)37(21-39)25-49(66)72-45-9-7-34-23-47-58(68)13-11-43(64)42-27-41(45)52(34)56(42,58)15-17-60(47)28-32-3-4-32/h7-10,19-22,32-33,42,47-48,55,68-69H,3-6,11-18,23-29H2,1-2H3/t42-,47+,48+,55-,56+,57-,58+,59+/m0/s1. The van der Waals surface area contributed by atoms with E-state index in [1.165, 1.54) is 39.5 Å². The molecule has 74 heavy (non-hydrogen) atoms. The van der Waals surface area contributed by atoms with Crippen molar-refractivity contribution < 1.29 is 62.7 Å². The third-order valence-electron chi connectivity index (χ3n) is 19.5. The predicted molar refractivity (Wildman–Crippen MR) is 264 cm³/mol. The highest BCUT2D eigenvalue weighted by Crippen LogP contribution is 2.67. The number of esters is 4. The lowest BCUT2D eigenvalue weighted by atomic mass is 9.48. The van der Waals surface area contributed by atoms with E-state index in [4.69, 9.17) is 23.7 Å². The van der Waals surface area contributed by atoms with Gasteiger partial charge in [-0.2, -0.15) is 0 Å². The van der Waals surface area contributed by atoms with Gasteiger partial charge in [-0.3, -0.25) is 38.6 Å². The topological polar surface area (TPSA) is 196 Å². The van der Waals surface area contributed by atoms with Gasteiger partial charge in [0.15, 0.2) is 23.4 Å². The van der Waals surface area contributed by atoms with Crippen LogP contribution in [0.25, 0.3) is 10.8 Å². The number of carbonyl (C=O) groups is 6. The molecule has 3 aliphatic heterocycles. The minimum atomic E-state index is -1.20. The highest BCUT2D eigenvalue weighted by atomic mass is 16.6. The molecule has 4 saturated carbocycles. The Hall–Kier alpha value is -6.00.